The molecule has 0 aromatic carbocycles. The second-order valence-corrected chi connectivity index (χ2v) is 7.65. The highest BCUT2D eigenvalue weighted by Crippen LogP contribution is 2.37. The molecule has 0 aromatic rings. The molecule has 2 heterocycles. The van der Waals surface area contributed by atoms with Crippen LogP contribution >= 0.6 is 0 Å². The molecule has 1 spiro atoms. The van der Waals surface area contributed by atoms with Crippen molar-refractivity contribution in [3.8, 4) is 0 Å². The molecule has 3 heteroatoms. The first kappa shape index (κ1) is 14.8. The summed E-state index contributed by atoms with van der Waals surface area (Å²) in [6.45, 7) is 10.4. The van der Waals surface area contributed by atoms with Crippen molar-refractivity contribution in [3.05, 3.63) is 0 Å². The maximum Gasteiger partial charge on any atom is 0.0507 e. The van der Waals surface area contributed by atoms with Gasteiger partial charge in [0.1, 0.15) is 0 Å². The van der Waals surface area contributed by atoms with Crippen LogP contribution in [0.3, 0.4) is 0 Å². The summed E-state index contributed by atoms with van der Waals surface area (Å²) in [7, 11) is 0. The first-order valence-corrected chi connectivity index (χ1v) is 8.76. The van der Waals surface area contributed by atoms with E-state index in [-0.39, 0.29) is 0 Å². The number of hydrogen-bond acceptors (Lipinski definition) is 3. The van der Waals surface area contributed by atoms with Gasteiger partial charge in [-0.15, -0.1) is 0 Å². The van der Waals surface area contributed by atoms with Crippen LogP contribution in [0.5, 0.6) is 0 Å². The van der Waals surface area contributed by atoms with Crippen LogP contribution in [0, 0.1) is 11.8 Å². The monoisotopic (exact) mass is 280 g/mol. The van der Waals surface area contributed by atoms with Crippen molar-refractivity contribution in [1.29, 1.82) is 0 Å². The Balaban J connectivity index is 1.70. The Bertz CT molecular complexity index is 304. The van der Waals surface area contributed by atoms with Gasteiger partial charge in [0.15, 0.2) is 0 Å². The molecule has 3 nitrogen and oxygen atoms in total. The highest BCUT2D eigenvalue weighted by molar-refractivity contribution is 5.01. The van der Waals surface area contributed by atoms with Gasteiger partial charge in [0, 0.05) is 37.8 Å². The Kier molecular flexibility index (Phi) is 4.68. The van der Waals surface area contributed by atoms with E-state index < -0.39 is 0 Å². The van der Waals surface area contributed by atoms with E-state index in [0.717, 1.165) is 25.0 Å². The summed E-state index contributed by atoms with van der Waals surface area (Å²) in [5, 5.41) is 3.86. The van der Waals surface area contributed by atoms with Crippen molar-refractivity contribution in [2.75, 3.05) is 32.8 Å². The first-order chi connectivity index (χ1) is 9.70. The molecule has 116 valence electrons. The lowest BCUT2D eigenvalue weighted by Crippen LogP contribution is -2.66. The van der Waals surface area contributed by atoms with Crippen LogP contribution in [0.2, 0.25) is 0 Å². The molecule has 2 unspecified atom stereocenters. The topological polar surface area (TPSA) is 24.5 Å². The van der Waals surface area contributed by atoms with Crippen LogP contribution in [0.4, 0.5) is 0 Å². The number of nitrogens with zero attached hydrogens (tertiary/aromatic N) is 1. The second kappa shape index (κ2) is 6.33. The third kappa shape index (κ3) is 3.05. The summed E-state index contributed by atoms with van der Waals surface area (Å²) >= 11 is 0. The minimum atomic E-state index is 0.465. The minimum absolute atomic E-state index is 0.465. The fourth-order valence-electron chi connectivity index (χ4n) is 4.39. The number of rotatable bonds is 3. The van der Waals surface area contributed by atoms with E-state index >= 15 is 0 Å². The Morgan fingerprint density at radius 3 is 2.70 bits per heavy atom. The van der Waals surface area contributed by atoms with Crippen molar-refractivity contribution < 1.29 is 4.74 Å². The van der Waals surface area contributed by atoms with Crippen LogP contribution in [0.15, 0.2) is 0 Å². The smallest absolute Gasteiger partial charge is 0.0507 e. The highest BCUT2D eigenvalue weighted by Gasteiger charge is 2.43. The van der Waals surface area contributed by atoms with Crippen molar-refractivity contribution in [3.63, 3.8) is 0 Å². The molecule has 20 heavy (non-hydrogen) atoms. The van der Waals surface area contributed by atoms with E-state index in [0.29, 0.717) is 11.6 Å². The number of piperazine rings is 1. The molecule has 1 aliphatic carbocycles. The Morgan fingerprint density at radius 2 is 2.05 bits per heavy atom. The molecule has 0 amide bonds. The molecular weight excluding hydrogens is 248 g/mol. The molecule has 1 N–H and O–H groups in total. The van der Waals surface area contributed by atoms with Gasteiger partial charge in [-0.3, -0.25) is 4.90 Å². The van der Waals surface area contributed by atoms with Gasteiger partial charge in [0.05, 0.1) is 6.61 Å². The van der Waals surface area contributed by atoms with Crippen LogP contribution in [-0.4, -0.2) is 49.3 Å². The van der Waals surface area contributed by atoms with Gasteiger partial charge >= 0.3 is 0 Å². The van der Waals surface area contributed by atoms with Gasteiger partial charge in [0.2, 0.25) is 0 Å². The van der Waals surface area contributed by atoms with Crippen LogP contribution in [0.25, 0.3) is 0 Å². The van der Waals surface area contributed by atoms with E-state index in [1.54, 1.807) is 0 Å². The Hall–Kier alpha value is -0.120. The van der Waals surface area contributed by atoms with Gasteiger partial charge in [0.25, 0.3) is 0 Å². The minimum Gasteiger partial charge on any atom is -0.381 e. The third-order valence-electron chi connectivity index (χ3n) is 5.87. The van der Waals surface area contributed by atoms with Crippen LogP contribution < -0.4 is 5.32 Å². The lowest BCUT2D eigenvalue weighted by atomic mass is 9.77. The van der Waals surface area contributed by atoms with Crippen molar-refractivity contribution in [2.24, 2.45) is 11.8 Å². The maximum absolute atomic E-state index is 5.61. The molecular formula is C17H32N2O. The molecule has 3 fully saturated rings. The standard InChI is InChI=1S/C17H32N2O/c1-14(2)16-11-19(10-15-6-9-20-12-15)17(13-18-16)7-4-3-5-8-17/h14-16,18H,3-13H2,1-2H3. The van der Waals surface area contributed by atoms with Gasteiger partial charge < -0.3 is 10.1 Å². The predicted molar refractivity (Wildman–Crippen MR) is 82.9 cm³/mol. The first-order valence-electron chi connectivity index (χ1n) is 8.76. The summed E-state index contributed by atoms with van der Waals surface area (Å²) < 4.78 is 5.61. The molecule has 2 aliphatic heterocycles. The lowest BCUT2D eigenvalue weighted by Gasteiger charge is -2.53. The summed E-state index contributed by atoms with van der Waals surface area (Å²) in [5.41, 5.74) is 0.465. The van der Waals surface area contributed by atoms with Gasteiger partial charge in [-0.05, 0) is 31.1 Å². The van der Waals surface area contributed by atoms with E-state index in [1.807, 2.05) is 0 Å². The van der Waals surface area contributed by atoms with Crippen molar-refractivity contribution in [1.82, 2.24) is 10.2 Å². The molecule has 0 bridgehead atoms. The molecule has 0 aromatic heterocycles. The van der Waals surface area contributed by atoms with E-state index in [9.17, 15) is 0 Å². The fraction of sp³-hybridized carbons (Fsp3) is 1.00. The number of hydrogen-bond donors (Lipinski definition) is 1. The molecule has 3 rings (SSSR count). The zero-order chi connectivity index (χ0) is 14.0. The summed E-state index contributed by atoms with van der Waals surface area (Å²) in [6.07, 6.45) is 8.36. The van der Waals surface area contributed by atoms with E-state index in [4.69, 9.17) is 4.74 Å². The molecule has 0 radical (unpaired) electrons. The highest BCUT2D eigenvalue weighted by atomic mass is 16.5. The maximum atomic E-state index is 5.61. The van der Waals surface area contributed by atoms with Crippen molar-refractivity contribution >= 4 is 0 Å². The Morgan fingerprint density at radius 1 is 1.25 bits per heavy atom. The SMILES string of the molecule is CC(C)C1CN(CC2CCOC2)C2(CCCCC2)CN1. The molecule has 2 saturated heterocycles. The lowest BCUT2D eigenvalue weighted by molar-refractivity contribution is -0.00924. The quantitative estimate of drug-likeness (QED) is 0.860. The van der Waals surface area contributed by atoms with Crippen LogP contribution in [-0.2, 0) is 4.74 Å². The zero-order valence-electron chi connectivity index (χ0n) is 13.4. The largest absolute Gasteiger partial charge is 0.381 e. The average molecular weight is 280 g/mol. The number of nitrogens with one attached hydrogen (secondary N) is 1. The fourth-order valence-corrected chi connectivity index (χ4v) is 4.39. The summed E-state index contributed by atoms with van der Waals surface area (Å²) in [6, 6.07) is 0.671. The molecule has 2 atom stereocenters. The zero-order valence-corrected chi connectivity index (χ0v) is 13.4. The predicted octanol–water partition coefficient (Wildman–Crippen LogP) is 2.66. The van der Waals surface area contributed by atoms with E-state index in [1.165, 1.54) is 58.2 Å². The summed E-state index contributed by atoms with van der Waals surface area (Å²) in [5.74, 6) is 1.51. The summed E-state index contributed by atoms with van der Waals surface area (Å²) in [4.78, 5) is 2.87. The molecule has 3 aliphatic rings. The molecule has 1 saturated carbocycles. The second-order valence-electron chi connectivity index (χ2n) is 7.65. The third-order valence-corrected chi connectivity index (χ3v) is 5.87. The van der Waals surface area contributed by atoms with Gasteiger partial charge in [-0.25, -0.2) is 0 Å². The van der Waals surface area contributed by atoms with Crippen LogP contribution in [0.1, 0.15) is 52.4 Å². The normalized spacial score (nSPS) is 35.0. The van der Waals surface area contributed by atoms with Gasteiger partial charge in [-0.1, -0.05) is 33.1 Å². The van der Waals surface area contributed by atoms with Gasteiger partial charge in [-0.2, -0.15) is 0 Å². The number of ether oxygens (including phenoxy) is 1. The van der Waals surface area contributed by atoms with Crippen molar-refractivity contribution in [2.45, 2.75) is 64.0 Å². The Labute approximate surface area is 124 Å². The average Bonchev–Trinajstić information content (AvgIpc) is 2.95. The van der Waals surface area contributed by atoms with E-state index in [2.05, 4.69) is 24.1 Å².